The number of para-hydroxylation sites is 2. The summed E-state index contributed by atoms with van der Waals surface area (Å²) in [6.45, 7) is 3.99. The van der Waals surface area contributed by atoms with Gasteiger partial charge in [-0.2, -0.15) is 0 Å². The van der Waals surface area contributed by atoms with Gasteiger partial charge >= 0.3 is 11.8 Å². The van der Waals surface area contributed by atoms with Gasteiger partial charge in [-0.15, -0.1) is 0 Å². The molecule has 2 atom stereocenters. The molecular weight excluding hydrogens is 300 g/mol. The van der Waals surface area contributed by atoms with Crippen molar-refractivity contribution in [1.29, 1.82) is 0 Å². The number of rotatable bonds is 0. The van der Waals surface area contributed by atoms with E-state index >= 15 is 0 Å². The Kier molecular flexibility index (Phi) is 3.41. The topological polar surface area (TPSA) is 40.6 Å². The molecule has 0 saturated heterocycles. The molecule has 2 amide bonds. The Bertz CT molecular complexity index is 760. The molecule has 2 heterocycles. The van der Waals surface area contributed by atoms with Crippen LogP contribution in [0.1, 0.15) is 25.0 Å². The van der Waals surface area contributed by atoms with Crippen LogP contribution in [0.2, 0.25) is 0 Å². The maximum Gasteiger partial charge on any atom is 0.317 e. The summed E-state index contributed by atoms with van der Waals surface area (Å²) in [7, 11) is 0. The lowest BCUT2D eigenvalue weighted by Gasteiger charge is -2.27. The number of amides is 2. The summed E-state index contributed by atoms with van der Waals surface area (Å²) < 4.78 is 0. The molecule has 24 heavy (non-hydrogen) atoms. The Hall–Kier alpha value is -2.62. The number of fused-ring (bicyclic) bond motifs is 2. The molecular formula is C20H20N2O2. The quantitative estimate of drug-likeness (QED) is 0.700. The van der Waals surface area contributed by atoms with E-state index in [1.165, 1.54) is 0 Å². The van der Waals surface area contributed by atoms with Gasteiger partial charge in [0.1, 0.15) is 0 Å². The molecule has 2 aliphatic rings. The lowest BCUT2D eigenvalue weighted by molar-refractivity contribution is -0.136. The first-order valence-corrected chi connectivity index (χ1v) is 8.40. The van der Waals surface area contributed by atoms with Crippen LogP contribution in [0.4, 0.5) is 11.4 Å². The fraction of sp³-hybridized carbons (Fsp3) is 0.300. The van der Waals surface area contributed by atoms with Gasteiger partial charge in [0.05, 0.1) is 0 Å². The monoisotopic (exact) mass is 320 g/mol. The van der Waals surface area contributed by atoms with E-state index in [-0.39, 0.29) is 12.1 Å². The summed E-state index contributed by atoms with van der Waals surface area (Å²) in [6.07, 6.45) is 1.59. The number of hydrogen-bond acceptors (Lipinski definition) is 2. The lowest BCUT2D eigenvalue weighted by atomic mass is 10.1. The van der Waals surface area contributed by atoms with Crippen molar-refractivity contribution in [3.8, 4) is 0 Å². The smallest absolute Gasteiger partial charge is 0.301 e. The van der Waals surface area contributed by atoms with E-state index in [2.05, 4.69) is 0 Å². The van der Waals surface area contributed by atoms with Crippen molar-refractivity contribution in [3.63, 3.8) is 0 Å². The van der Waals surface area contributed by atoms with Crippen LogP contribution in [0.25, 0.3) is 0 Å². The van der Waals surface area contributed by atoms with Crippen LogP contribution in [0.15, 0.2) is 48.5 Å². The van der Waals surface area contributed by atoms with Crippen molar-refractivity contribution in [1.82, 2.24) is 0 Å². The summed E-state index contributed by atoms with van der Waals surface area (Å²) in [6, 6.07) is 15.7. The normalized spacial score (nSPS) is 21.6. The Labute approximate surface area is 141 Å². The standard InChI is InChI=1S/C20H20N2O2/c1-13-11-15-7-3-5-9-17(15)21(13)19(23)20(24)22-14(2)12-16-8-4-6-10-18(16)22/h3-10,13-14H,11-12H2,1-2H3/t13-,14-/m0/s1. The van der Waals surface area contributed by atoms with Gasteiger partial charge in [-0.05, 0) is 49.9 Å². The van der Waals surface area contributed by atoms with Crippen LogP contribution >= 0.6 is 0 Å². The SMILES string of the molecule is C[C@H]1Cc2ccccc2N1C(=O)C(=O)N1c2ccccc2C[C@@H]1C. The first kappa shape index (κ1) is 14.9. The highest BCUT2D eigenvalue weighted by molar-refractivity contribution is 6.45. The number of anilines is 2. The minimum Gasteiger partial charge on any atom is -0.301 e. The van der Waals surface area contributed by atoms with E-state index < -0.39 is 11.8 Å². The van der Waals surface area contributed by atoms with Gasteiger partial charge in [0.2, 0.25) is 0 Å². The number of carbonyl (C=O) groups is 2. The van der Waals surface area contributed by atoms with Crippen molar-refractivity contribution < 1.29 is 9.59 Å². The van der Waals surface area contributed by atoms with Crippen molar-refractivity contribution in [3.05, 3.63) is 59.7 Å². The molecule has 0 spiro atoms. The van der Waals surface area contributed by atoms with Crippen molar-refractivity contribution in [2.75, 3.05) is 9.80 Å². The average molecular weight is 320 g/mol. The summed E-state index contributed by atoms with van der Waals surface area (Å²) in [5.74, 6) is -0.869. The molecule has 2 aliphatic heterocycles. The van der Waals surface area contributed by atoms with Gasteiger partial charge in [-0.1, -0.05) is 36.4 Å². The zero-order valence-electron chi connectivity index (χ0n) is 13.9. The summed E-state index contributed by atoms with van der Waals surface area (Å²) in [5, 5.41) is 0. The minimum absolute atomic E-state index is 0.00648. The van der Waals surface area contributed by atoms with E-state index in [9.17, 15) is 9.59 Å². The van der Waals surface area contributed by atoms with Gasteiger partial charge in [-0.25, -0.2) is 0 Å². The molecule has 0 N–H and O–H groups in total. The Morgan fingerprint density at radius 1 is 0.750 bits per heavy atom. The van der Waals surface area contributed by atoms with Crippen LogP contribution < -0.4 is 9.80 Å². The van der Waals surface area contributed by atoms with E-state index in [0.717, 1.165) is 35.3 Å². The van der Waals surface area contributed by atoms with Crippen LogP contribution in [0.3, 0.4) is 0 Å². The van der Waals surface area contributed by atoms with Crippen molar-refractivity contribution in [2.45, 2.75) is 38.8 Å². The van der Waals surface area contributed by atoms with E-state index in [1.54, 1.807) is 9.80 Å². The second kappa shape index (κ2) is 5.48. The van der Waals surface area contributed by atoms with Crippen LogP contribution in [0, 0.1) is 0 Å². The maximum atomic E-state index is 13.0. The Morgan fingerprint density at radius 2 is 1.12 bits per heavy atom. The van der Waals surface area contributed by atoms with Gasteiger partial charge in [0.25, 0.3) is 0 Å². The fourth-order valence-electron chi connectivity index (χ4n) is 3.96. The van der Waals surface area contributed by atoms with Crippen molar-refractivity contribution >= 4 is 23.2 Å². The van der Waals surface area contributed by atoms with Crippen LogP contribution in [-0.2, 0) is 22.4 Å². The highest BCUT2D eigenvalue weighted by Gasteiger charge is 2.40. The molecule has 0 radical (unpaired) electrons. The average Bonchev–Trinajstić information content (AvgIpc) is 3.08. The molecule has 4 nitrogen and oxygen atoms in total. The Morgan fingerprint density at radius 3 is 1.54 bits per heavy atom. The van der Waals surface area contributed by atoms with E-state index in [0.29, 0.717) is 0 Å². The van der Waals surface area contributed by atoms with Gasteiger partial charge in [-0.3, -0.25) is 9.59 Å². The predicted octanol–water partition coefficient (Wildman–Crippen LogP) is 2.94. The highest BCUT2D eigenvalue weighted by Crippen LogP contribution is 2.35. The van der Waals surface area contributed by atoms with Crippen LogP contribution in [0.5, 0.6) is 0 Å². The summed E-state index contributed by atoms with van der Waals surface area (Å²) in [5.41, 5.74) is 3.98. The van der Waals surface area contributed by atoms with Gasteiger partial charge in [0, 0.05) is 23.5 Å². The third kappa shape index (κ3) is 2.13. The number of nitrogens with zero attached hydrogens (tertiary/aromatic N) is 2. The number of hydrogen-bond donors (Lipinski definition) is 0. The largest absolute Gasteiger partial charge is 0.317 e. The third-order valence-corrected chi connectivity index (χ3v) is 5.04. The molecule has 0 unspecified atom stereocenters. The molecule has 0 bridgehead atoms. The molecule has 0 aliphatic carbocycles. The molecule has 0 fully saturated rings. The molecule has 122 valence electrons. The van der Waals surface area contributed by atoms with E-state index in [1.807, 2.05) is 62.4 Å². The highest BCUT2D eigenvalue weighted by atomic mass is 16.2. The maximum absolute atomic E-state index is 13.0. The molecule has 4 heteroatoms. The second-order valence-corrected chi connectivity index (χ2v) is 6.71. The second-order valence-electron chi connectivity index (χ2n) is 6.71. The van der Waals surface area contributed by atoms with Gasteiger partial charge < -0.3 is 9.80 Å². The van der Waals surface area contributed by atoms with Crippen molar-refractivity contribution in [2.24, 2.45) is 0 Å². The molecule has 0 saturated carbocycles. The minimum atomic E-state index is -0.434. The number of carbonyl (C=O) groups excluding carboxylic acids is 2. The Balaban J connectivity index is 1.67. The predicted molar refractivity (Wildman–Crippen MR) is 94.2 cm³/mol. The molecule has 2 aromatic carbocycles. The molecule has 4 rings (SSSR count). The summed E-state index contributed by atoms with van der Waals surface area (Å²) in [4.78, 5) is 29.3. The zero-order valence-corrected chi connectivity index (χ0v) is 13.9. The van der Waals surface area contributed by atoms with E-state index in [4.69, 9.17) is 0 Å². The first-order chi connectivity index (χ1) is 11.6. The molecule has 2 aromatic rings. The number of benzene rings is 2. The lowest BCUT2D eigenvalue weighted by Crippen LogP contribution is -2.49. The first-order valence-electron chi connectivity index (χ1n) is 8.40. The third-order valence-electron chi connectivity index (χ3n) is 5.04. The molecule has 0 aromatic heterocycles. The van der Waals surface area contributed by atoms with Crippen LogP contribution in [-0.4, -0.2) is 23.9 Å². The zero-order chi connectivity index (χ0) is 16.8. The van der Waals surface area contributed by atoms with Gasteiger partial charge in [0.15, 0.2) is 0 Å². The summed E-state index contributed by atoms with van der Waals surface area (Å²) >= 11 is 0. The fourth-order valence-corrected chi connectivity index (χ4v) is 3.96.